The molecule has 0 aliphatic heterocycles. The first-order valence-electron chi connectivity index (χ1n) is 5.38. The first-order chi connectivity index (χ1) is 8.08. The van der Waals surface area contributed by atoms with Gasteiger partial charge in [0, 0.05) is 0 Å². The summed E-state index contributed by atoms with van der Waals surface area (Å²) in [6.07, 6.45) is 1.18. The van der Waals surface area contributed by atoms with Crippen LogP contribution in [0.5, 0.6) is 0 Å². The normalized spacial score (nSPS) is 29.1. The molecule has 0 unspecified atom stereocenters. The van der Waals surface area contributed by atoms with E-state index in [-0.39, 0.29) is 11.1 Å². The van der Waals surface area contributed by atoms with E-state index in [1.165, 1.54) is 0 Å². The van der Waals surface area contributed by atoms with Crippen LogP contribution in [-0.2, 0) is 0 Å². The van der Waals surface area contributed by atoms with Crippen molar-refractivity contribution in [2.45, 2.75) is 37.5 Å². The Hall–Kier alpha value is -0.980. The van der Waals surface area contributed by atoms with Crippen LogP contribution in [-0.4, -0.2) is 38.4 Å². The molecule has 0 bridgehead atoms. The molecule has 0 saturated heterocycles. The van der Waals surface area contributed by atoms with Crippen LogP contribution >= 0.6 is 11.6 Å². The summed E-state index contributed by atoms with van der Waals surface area (Å²) in [4.78, 5) is 7.20. The molecule has 1 aliphatic carbocycles. The van der Waals surface area contributed by atoms with Gasteiger partial charge in [-0.2, -0.15) is 4.98 Å². The van der Waals surface area contributed by atoms with Crippen molar-refractivity contribution >= 4 is 17.4 Å². The maximum atomic E-state index is 13.4. The lowest BCUT2D eigenvalue weighted by atomic mass is 9.90. The lowest BCUT2D eigenvalue weighted by molar-refractivity contribution is -0.0162. The highest BCUT2D eigenvalue weighted by Gasteiger charge is 2.31. The first-order valence-corrected chi connectivity index (χ1v) is 5.76. The van der Waals surface area contributed by atoms with Gasteiger partial charge < -0.3 is 15.5 Å². The summed E-state index contributed by atoms with van der Waals surface area (Å²) in [5.74, 6) is -0.690. The van der Waals surface area contributed by atoms with E-state index in [4.69, 9.17) is 11.6 Å². The highest BCUT2D eigenvalue weighted by molar-refractivity contribution is 6.28. The largest absolute Gasteiger partial charge is 0.390 e. The number of halogens is 2. The van der Waals surface area contributed by atoms with Crippen LogP contribution in [0, 0.1) is 5.82 Å². The second kappa shape index (κ2) is 5.12. The molecule has 94 valence electrons. The van der Waals surface area contributed by atoms with Crippen LogP contribution in [0.2, 0.25) is 5.28 Å². The van der Waals surface area contributed by atoms with Crippen molar-refractivity contribution < 1.29 is 14.6 Å². The molecule has 0 amide bonds. The summed E-state index contributed by atoms with van der Waals surface area (Å²) < 4.78 is 13.4. The van der Waals surface area contributed by atoms with Crippen molar-refractivity contribution in [1.82, 2.24) is 9.97 Å². The van der Waals surface area contributed by atoms with Gasteiger partial charge in [0.25, 0.3) is 0 Å². The van der Waals surface area contributed by atoms with Crippen molar-refractivity contribution in [2.24, 2.45) is 0 Å². The molecular weight excluding hydrogens is 249 g/mol. The second-order valence-corrected chi connectivity index (χ2v) is 4.41. The highest BCUT2D eigenvalue weighted by Crippen LogP contribution is 2.23. The van der Waals surface area contributed by atoms with E-state index < -0.39 is 24.1 Å². The second-order valence-electron chi connectivity index (χ2n) is 4.08. The number of anilines is 1. The van der Waals surface area contributed by atoms with E-state index in [1.807, 2.05) is 0 Å². The van der Waals surface area contributed by atoms with E-state index in [0.29, 0.717) is 12.8 Å². The summed E-state index contributed by atoms with van der Waals surface area (Å²) in [6, 6.07) is -0.431. The van der Waals surface area contributed by atoms with E-state index in [2.05, 4.69) is 15.3 Å². The first kappa shape index (κ1) is 12.5. The fourth-order valence-corrected chi connectivity index (χ4v) is 2.07. The van der Waals surface area contributed by atoms with E-state index >= 15 is 0 Å². The van der Waals surface area contributed by atoms with Crippen LogP contribution in [0.15, 0.2) is 6.20 Å². The van der Waals surface area contributed by atoms with Gasteiger partial charge in [-0.25, -0.2) is 9.37 Å². The van der Waals surface area contributed by atoms with E-state index in [0.717, 1.165) is 12.6 Å². The molecule has 3 N–H and O–H groups in total. The Morgan fingerprint density at radius 1 is 1.41 bits per heavy atom. The minimum absolute atomic E-state index is 0.0526. The fraction of sp³-hybridized carbons (Fsp3) is 0.600. The molecule has 5 nitrogen and oxygen atoms in total. The van der Waals surface area contributed by atoms with Gasteiger partial charge in [-0.05, 0) is 30.9 Å². The van der Waals surface area contributed by atoms with Crippen LogP contribution in [0.25, 0.3) is 0 Å². The molecule has 3 atom stereocenters. The summed E-state index contributed by atoms with van der Waals surface area (Å²) in [5, 5.41) is 21.9. The van der Waals surface area contributed by atoms with Crippen molar-refractivity contribution in [1.29, 1.82) is 0 Å². The molecule has 1 aliphatic rings. The van der Waals surface area contributed by atoms with Gasteiger partial charge in [0.1, 0.15) is 0 Å². The molecular formula is C10H13ClFN3O2. The monoisotopic (exact) mass is 261 g/mol. The van der Waals surface area contributed by atoms with Crippen LogP contribution < -0.4 is 5.32 Å². The third kappa shape index (κ3) is 2.83. The zero-order valence-corrected chi connectivity index (χ0v) is 9.73. The van der Waals surface area contributed by atoms with Gasteiger partial charge in [-0.3, -0.25) is 0 Å². The molecule has 1 heterocycles. The van der Waals surface area contributed by atoms with Crippen molar-refractivity contribution in [3.05, 3.63) is 17.3 Å². The molecule has 7 heteroatoms. The Bertz CT molecular complexity index is 407. The number of aromatic nitrogens is 2. The lowest BCUT2D eigenvalue weighted by Crippen LogP contribution is -2.45. The van der Waals surface area contributed by atoms with Gasteiger partial charge in [0.15, 0.2) is 11.6 Å². The zero-order valence-electron chi connectivity index (χ0n) is 8.98. The standard InChI is InChI=1S/C10H13ClFN3O2/c11-10-13-4-5(12)9(15-10)14-6-2-1-3-7(16)8(6)17/h4,6-8,16-17H,1-3H2,(H,13,14,15)/t6-,7-,8-/m0/s1. The number of aliphatic hydroxyl groups is 2. The topological polar surface area (TPSA) is 78.3 Å². The van der Waals surface area contributed by atoms with Gasteiger partial charge in [-0.1, -0.05) is 0 Å². The minimum atomic E-state index is -0.933. The van der Waals surface area contributed by atoms with Gasteiger partial charge >= 0.3 is 0 Å². The Labute approximate surface area is 103 Å². The van der Waals surface area contributed by atoms with E-state index in [9.17, 15) is 14.6 Å². The molecule has 17 heavy (non-hydrogen) atoms. The maximum absolute atomic E-state index is 13.4. The summed E-state index contributed by atoms with van der Waals surface area (Å²) >= 11 is 5.56. The molecule has 2 rings (SSSR count). The molecule has 0 aromatic carbocycles. The Morgan fingerprint density at radius 2 is 2.18 bits per heavy atom. The maximum Gasteiger partial charge on any atom is 0.224 e. The predicted molar refractivity (Wildman–Crippen MR) is 60.3 cm³/mol. The highest BCUT2D eigenvalue weighted by atomic mass is 35.5. The van der Waals surface area contributed by atoms with Crippen LogP contribution in [0.1, 0.15) is 19.3 Å². The average Bonchev–Trinajstić information content (AvgIpc) is 2.30. The molecule has 1 saturated carbocycles. The third-order valence-corrected chi connectivity index (χ3v) is 3.04. The Balaban J connectivity index is 2.11. The predicted octanol–water partition coefficient (Wildman–Crippen LogP) is 0.955. The Morgan fingerprint density at radius 3 is 2.94 bits per heavy atom. The van der Waals surface area contributed by atoms with Gasteiger partial charge in [-0.15, -0.1) is 0 Å². The summed E-state index contributed by atoms with van der Waals surface area (Å²) in [6.45, 7) is 0. The molecule has 0 spiro atoms. The van der Waals surface area contributed by atoms with Crippen LogP contribution in [0.4, 0.5) is 10.2 Å². The quantitative estimate of drug-likeness (QED) is 0.691. The number of hydrogen-bond donors (Lipinski definition) is 3. The number of rotatable bonds is 2. The smallest absolute Gasteiger partial charge is 0.224 e. The molecule has 1 fully saturated rings. The lowest BCUT2D eigenvalue weighted by Gasteiger charge is -2.32. The SMILES string of the molecule is O[C@H]1[C@@H](Nc2nc(Cl)ncc2F)CCC[C@@H]1O. The zero-order chi connectivity index (χ0) is 12.4. The molecule has 1 aromatic rings. The van der Waals surface area contributed by atoms with Gasteiger partial charge in [0.05, 0.1) is 24.4 Å². The van der Waals surface area contributed by atoms with Crippen molar-refractivity contribution in [3.8, 4) is 0 Å². The van der Waals surface area contributed by atoms with Crippen molar-refractivity contribution in [3.63, 3.8) is 0 Å². The number of nitrogens with zero attached hydrogens (tertiary/aromatic N) is 2. The number of nitrogens with one attached hydrogen (secondary N) is 1. The average molecular weight is 262 g/mol. The minimum Gasteiger partial charge on any atom is -0.390 e. The summed E-state index contributed by atoms with van der Waals surface area (Å²) in [7, 11) is 0. The van der Waals surface area contributed by atoms with Crippen LogP contribution in [0.3, 0.4) is 0 Å². The fourth-order valence-electron chi connectivity index (χ4n) is 1.94. The Kier molecular flexibility index (Phi) is 3.76. The van der Waals surface area contributed by atoms with Crippen molar-refractivity contribution in [2.75, 3.05) is 5.32 Å². The number of aliphatic hydroxyl groups excluding tert-OH is 2. The van der Waals surface area contributed by atoms with E-state index in [1.54, 1.807) is 0 Å². The molecule has 0 radical (unpaired) electrons. The number of hydrogen-bond acceptors (Lipinski definition) is 5. The van der Waals surface area contributed by atoms with Gasteiger partial charge in [0.2, 0.25) is 5.28 Å². The molecule has 1 aromatic heterocycles. The third-order valence-electron chi connectivity index (χ3n) is 2.86. The summed E-state index contributed by atoms with van der Waals surface area (Å²) in [5.41, 5.74) is 0.